The summed E-state index contributed by atoms with van der Waals surface area (Å²) in [4.78, 5) is 27.0. The first-order valence-corrected chi connectivity index (χ1v) is 19.9. The molecule has 276 valence electrons. The summed E-state index contributed by atoms with van der Waals surface area (Å²) < 4.78 is 57.2. The van der Waals surface area contributed by atoms with E-state index in [0.29, 0.717) is 42.2 Å². The second-order valence-corrected chi connectivity index (χ2v) is 16.2. The Kier molecular flexibility index (Phi) is 16.4. The van der Waals surface area contributed by atoms with Crippen molar-refractivity contribution in [2.24, 2.45) is 0 Å². The zero-order chi connectivity index (χ0) is 36.8. The number of thiazole rings is 1. The SMILES string of the molecule is CCCC(CCC)S(=O)(=O)CC(NC(=O)CCn1c(O)csc1=S)C(=O)N[C@@H](Cc1cc(F)cc(F)c1)C(O)CNCc1cccc(CC)c1. The third kappa shape index (κ3) is 12.8. The van der Waals surface area contributed by atoms with Gasteiger partial charge in [-0.3, -0.25) is 14.2 Å². The number of benzene rings is 2. The van der Waals surface area contributed by atoms with Gasteiger partial charge in [0.05, 0.1) is 28.5 Å². The van der Waals surface area contributed by atoms with Crippen molar-refractivity contribution in [2.45, 2.75) is 102 Å². The number of carbonyl (C=O) groups is 2. The average molecular weight is 755 g/mol. The first kappa shape index (κ1) is 41.2. The Morgan fingerprint density at radius 2 is 1.64 bits per heavy atom. The molecule has 1 heterocycles. The van der Waals surface area contributed by atoms with Crippen molar-refractivity contribution >= 4 is 45.2 Å². The minimum atomic E-state index is -3.89. The van der Waals surface area contributed by atoms with Gasteiger partial charge in [-0.1, -0.05) is 57.9 Å². The van der Waals surface area contributed by atoms with E-state index in [0.717, 1.165) is 41.0 Å². The second-order valence-electron chi connectivity index (χ2n) is 12.4. The Balaban J connectivity index is 1.86. The van der Waals surface area contributed by atoms with E-state index in [1.54, 1.807) is 0 Å². The first-order valence-electron chi connectivity index (χ1n) is 16.9. The largest absolute Gasteiger partial charge is 0.494 e. The summed E-state index contributed by atoms with van der Waals surface area (Å²) in [5.74, 6) is -4.01. The highest BCUT2D eigenvalue weighted by Gasteiger charge is 2.34. The molecule has 2 aromatic carbocycles. The number of aromatic nitrogens is 1. The smallest absolute Gasteiger partial charge is 0.243 e. The van der Waals surface area contributed by atoms with Gasteiger partial charge in [-0.2, -0.15) is 0 Å². The zero-order valence-corrected chi connectivity index (χ0v) is 31.1. The van der Waals surface area contributed by atoms with Crippen LogP contribution in [-0.2, 0) is 45.4 Å². The number of hydrogen-bond donors (Lipinski definition) is 5. The summed E-state index contributed by atoms with van der Waals surface area (Å²) in [7, 11) is -3.89. The summed E-state index contributed by atoms with van der Waals surface area (Å²) in [5, 5.41) is 30.4. The molecule has 3 rings (SSSR count). The number of amides is 2. The average Bonchev–Trinajstić information content (AvgIpc) is 3.38. The molecule has 0 spiro atoms. The van der Waals surface area contributed by atoms with Gasteiger partial charge in [-0.15, -0.1) is 11.3 Å². The Bertz CT molecular complexity index is 1710. The number of rotatable bonds is 21. The molecular formula is C35H48F2N4O6S3. The summed E-state index contributed by atoms with van der Waals surface area (Å²) in [6.45, 7) is 6.15. The van der Waals surface area contributed by atoms with E-state index >= 15 is 0 Å². The number of nitrogens with zero attached hydrogens (tertiary/aromatic N) is 1. The monoisotopic (exact) mass is 754 g/mol. The molecule has 3 atom stereocenters. The topological polar surface area (TPSA) is 150 Å². The first-order chi connectivity index (χ1) is 23.8. The van der Waals surface area contributed by atoms with Crippen LogP contribution in [0.4, 0.5) is 8.78 Å². The third-order valence-corrected chi connectivity index (χ3v) is 11.9. The second kappa shape index (κ2) is 20.0. The van der Waals surface area contributed by atoms with Crippen LogP contribution < -0.4 is 16.0 Å². The van der Waals surface area contributed by atoms with Gasteiger partial charge in [0.1, 0.15) is 17.7 Å². The lowest BCUT2D eigenvalue weighted by molar-refractivity contribution is -0.129. The van der Waals surface area contributed by atoms with Gasteiger partial charge in [0.15, 0.2) is 13.8 Å². The van der Waals surface area contributed by atoms with E-state index in [-0.39, 0.29) is 37.4 Å². The molecule has 50 heavy (non-hydrogen) atoms. The van der Waals surface area contributed by atoms with Gasteiger partial charge >= 0.3 is 0 Å². The van der Waals surface area contributed by atoms with Crippen molar-refractivity contribution in [2.75, 3.05) is 12.3 Å². The van der Waals surface area contributed by atoms with E-state index < -0.39 is 62.5 Å². The van der Waals surface area contributed by atoms with Gasteiger partial charge < -0.3 is 26.2 Å². The van der Waals surface area contributed by atoms with Crippen molar-refractivity contribution in [3.05, 3.63) is 80.1 Å². The van der Waals surface area contributed by atoms with Crippen LogP contribution in [0.5, 0.6) is 5.88 Å². The van der Waals surface area contributed by atoms with Crippen LogP contribution >= 0.6 is 23.6 Å². The molecule has 15 heteroatoms. The molecule has 0 saturated carbocycles. The van der Waals surface area contributed by atoms with Crippen molar-refractivity contribution in [1.82, 2.24) is 20.5 Å². The zero-order valence-electron chi connectivity index (χ0n) is 28.7. The molecule has 0 aliphatic carbocycles. The molecule has 5 N–H and O–H groups in total. The molecule has 0 radical (unpaired) electrons. The molecule has 0 saturated heterocycles. The highest BCUT2D eigenvalue weighted by Crippen LogP contribution is 2.19. The van der Waals surface area contributed by atoms with E-state index in [1.165, 1.54) is 9.95 Å². The van der Waals surface area contributed by atoms with Crippen LogP contribution in [0.2, 0.25) is 0 Å². The molecule has 1 aromatic heterocycles. The summed E-state index contributed by atoms with van der Waals surface area (Å²) in [5.41, 5.74) is 2.28. The molecule has 10 nitrogen and oxygen atoms in total. The Morgan fingerprint density at radius 3 is 2.24 bits per heavy atom. The molecule has 0 bridgehead atoms. The fourth-order valence-electron chi connectivity index (χ4n) is 5.72. The number of hydrogen-bond acceptors (Lipinski definition) is 9. The number of nitrogens with one attached hydrogen (secondary N) is 3. The fourth-order valence-corrected chi connectivity index (χ4v) is 8.86. The van der Waals surface area contributed by atoms with Crippen LogP contribution in [-0.4, -0.2) is 70.7 Å². The van der Waals surface area contributed by atoms with Crippen molar-refractivity contribution in [1.29, 1.82) is 0 Å². The lowest BCUT2D eigenvalue weighted by Gasteiger charge is -2.28. The predicted octanol–water partition coefficient (Wildman–Crippen LogP) is 4.96. The minimum Gasteiger partial charge on any atom is -0.494 e. The van der Waals surface area contributed by atoms with Crippen molar-refractivity contribution < 1.29 is 37.0 Å². The highest BCUT2D eigenvalue weighted by molar-refractivity contribution is 7.92. The maximum absolute atomic E-state index is 14.1. The van der Waals surface area contributed by atoms with Gasteiger partial charge in [0.25, 0.3) is 0 Å². The summed E-state index contributed by atoms with van der Waals surface area (Å²) in [6, 6.07) is 8.12. The van der Waals surface area contributed by atoms with E-state index in [2.05, 4.69) is 16.0 Å². The number of carbonyl (C=O) groups excluding carboxylic acids is 2. The Morgan fingerprint density at radius 1 is 0.980 bits per heavy atom. The van der Waals surface area contributed by atoms with Gasteiger partial charge in [0.2, 0.25) is 17.7 Å². The standard InChI is InChI=1S/C35H48F2N4O6S3/c1-4-8-28(9-5-2)50(46,47)22-30(39-32(43)12-13-41-33(44)21-49-35(41)48)34(45)40-29(17-25-15-26(36)18-27(37)16-25)31(42)20-38-19-24-11-7-10-23(6-3)14-24/h7,10-11,14-16,18,21,28-31,38,42,44H,4-6,8-9,12-13,17,19-20,22H2,1-3H3,(H,39,43)(H,40,45)/t29-,30?,31?/m0/s1. The third-order valence-electron chi connectivity index (χ3n) is 8.36. The summed E-state index contributed by atoms with van der Waals surface area (Å²) in [6.07, 6.45) is 1.15. The highest BCUT2D eigenvalue weighted by atomic mass is 32.2. The van der Waals surface area contributed by atoms with E-state index in [9.17, 15) is 37.0 Å². The number of aromatic hydroxyl groups is 1. The molecule has 0 aliphatic heterocycles. The number of aliphatic hydroxyl groups is 1. The minimum absolute atomic E-state index is 0.00527. The van der Waals surface area contributed by atoms with Gasteiger partial charge in [-0.25, -0.2) is 17.2 Å². The lowest BCUT2D eigenvalue weighted by atomic mass is 10.00. The Labute approximate surface area is 302 Å². The van der Waals surface area contributed by atoms with Crippen molar-refractivity contribution in [3.8, 4) is 5.88 Å². The number of aryl methyl sites for hydroxylation is 1. The molecule has 0 aliphatic rings. The predicted molar refractivity (Wildman–Crippen MR) is 194 cm³/mol. The van der Waals surface area contributed by atoms with Crippen LogP contribution in [0.1, 0.15) is 69.6 Å². The summed E-state index contributed by atoms with van der Waals surface area (Å²) >= 11 is 6.30. The van der Waals surface area contributed by atoms with E-state index in [1.807, 2.05) is 45.0 Å². The molecular weight excluding hydrogens is 707 g/mol. The normalized spacial score (nSPS) is 13.6. The molecule has 3 aromatic rings. The molecule has 2 unspecified atom stereocenters. The molecule has 2 amide bonds. The van der Waals surface area contributed by atoms with Gasteiger partial charge in [-0.05, 0) is 66.7 Å². The van der Waals surface area contributed by atoms with Crippen LogP contribution in [0.25, 0.3) is 0 Å². The quantitative estimate of drug-likeness (QED) is 0.0959. The fraction of sp³-hybridized carbons (Fsp3) is 0.514. The lowest BCUT2D eigenvalue weighted by Crippen LogP contribution is -2.57. The maximum atomic E-state index is 14.1. The van der Waals surface area contributed by atoms with Crippen LogP contribution in [0.15, 0.2) is 47.8 Å². The van der Waals surface area contributed by atoms with Crippen LogP contribution in [0.3, 0.4) is 0 Å². The number of halogens is 2. The number of aliphatic hydroxyl groups excluding tert-OH is 1. The van der Waals surface area contributed by atoms with Crippen molar-refractivity contribution in [3.63, 3.8) is 0 Å². The van der Waals surface area contributed by atoms with Gasteiger partial charge in [0, 0.05) is 32.1 Å². The molecule has 0 fully saturated rings. The maximum Gasteiger partial charge on any atom is 0.243 e. The Hall–Kier alpha value is -3.24. The van der Waals surface area contributed by atoms with Crippen LogP contribution in [0, 0.1) is 15.6 Å². The van der Waals surface area contributed by atoms with E-state index in [4.69, 9.17) is 12.2 Å². The number of sulfone groups is 1.